The molecule has 1 atom stereocenters. The molecule has 1 aliphatic carbocycles. The number of hydrogen-bond acceptors (Lipinski definition) is 3. The van der Waals surface area contributed by atoms with Crippen molar-refractivity contribution in [3.05, 3.63) is 22.7 Å². The summed E-state index contributed by atoms with van der Waals surface area (Å²) in [5.41, 5.74) is 0.903. The van der Waals surface area contributed by atoms with E-state index in [-0.39, 0.29) is 0 Å². The van der Waals surface area contributed by atoms with Crippen LogP contribution in [0.25, 0.3) is 0 Å². The van der Waals surface area contributed by atoms with E-state index in [9.17, 15) is 5.11 Å². The quantitative estimate of drug-likeness (QED) is 0.882. The average Bonchev–Trinajstić information content (AvgIpc) is 2.56. The van der Waals surface area contributed by atoms with Gasteiger partial charge in [-0.3, -0.25) is 0 Å². The van der Waals surface area contributed by atoms with Crippen LogP contribution in [-0.4, -0.2) is 17.0 Å². The van der Waals surface area contributed by atoms with E-state index in [1.807, 2.05) is 6.07 Å². The van der Waals surface area contributed by atoms with Crippen LogP contribution in [0.4, 0.5) is 0 Å². The van der Waals surface area contributed by atoms with Crippen LogP contribution in [0.5, 0.6) is 11.5 Å². The standard InChI is InChI=1S/C13H15ClO3/c1-8(15)5-9-6-11-12(7-10(9)14)17-13(16-11)3-2-4-13/h6-8,15H,2-5H2,1H3. The molecule has 0 radical (unpaired) electrons. The van der Waals surface area contributed by atoms with E-state index in [4.69, 9.17) is 21.1 Å². The number of benzene rings is 1. The average molecular weight is 255 g/mol. The molecule has 17 heavy (non-hydrogen) atoms. The first-order valence-electron chi connectivity index (χ1n) is 5.96. The summed E-state index contributed by atoms with van der Waals surface area (Å²) >= 11 is 6.16. The first kappa shape index (κ1) is 11.2. The normalized spacial score (nSPS) is 21.4. The summed E-state index contributed by atoms with van der Waals surface area (Å²) in [4.78, 5) is 0. The smallest absolute Gasteiger partial charge is 0.251 e. The van der Waals surface area contributed by atoms with Gasteiger partial charge in [0.1, 0.15) is 0 Å². The van der Waals surface area contributed by atoms with Gasteiger partial charge in [0.25, 0.3) is 5.79 Å². The molecule has 1 heterocycles. The molecule has 1 saturated carbocycles. The highest BCUT2D eigenvalue weighted by Crippen LogP contribution is 2.49. The Morgan fingerprint density at radius 2 is 2.00 bits per heavy atom. The molecule has 4 heteroatoms. The van der Waals surface area contributed by atoms with E-state index in [1.165, 1.54) is 0 Å². The Hall–Kier alpha value is -0.930. The first-order valence-corrected chi connectivity index (χ1v) is 6.34. The lowest BCUT2D eigenvalue weighted by molar-refractivity contribution is -0.138. The molecule has 92 valence electrons. The highest BCUT2D eigenvalue weighted by molar-refractivity contribution is 6.31. The van der Waals surface area contributed by atoms with Crippen molar-refractivity contribution in [2.24, 2.45) is 0 Å². The van der Waals surface area contributed by atoms with Gasteiger partial charge >= 0.3 is 0 Å². The van der Waals surface area contributed by atoms with Crippen molar-refractivity contribution in [1.82, 2.24) is 0 Å². The summed E-state index contributed by atoms with van der Waals surface area (Å²) < 4.78 is 11.6. The maximum Gasteiger partial charge on any atom is 0.251 e. The lowest BCUT2D eigenvalue weighted by atomic mass is 9.91. The van der Waals surface area contributed by atoms with Crippen molar-refractivity contribution in [3.8, 4) is 11.5 Å². The molecule has 3 rings (SSSR count). The third-order valence-corrected chi connectivity index (χ3v) is 3.69. The van der Waals surface area contributed by atoms with Gasteiger partial charge in [-0.2, -0.15) is 0 Å². The second-order valence-electron chi connectivity index (χ2n) is 4.91. The maximum absolute atomic E-state index is 9.41. The molecular weight excluding hydrogens is 240 g/mol. The lowest BCUT2D eigenvalue weighted by Gasteiger charge is -2.35. The molecule has 0 bridgehead atoms. The summed E-state index contributed by atoms with van der Waals surface area (Å²) in [6.07, 6.45) is 3.13. The zero-order valence-electron chi connectivity index (χ0n) is 9.70. The second kappa shape index (κ2) is 3.79. The van der Waals surface area contributed by atoms with Crippen molar-refractivity contribution in [2.45, 2.75) is 44.5 Å². The highest BCUT2D eigenvalue weighted by atomic mass is 35.5. The van der Waals surface area contributed by atoms with E-state index >= 15 is 0 Å². The van der Waals surface area contributed by atoms with E-state index in [2.05, 4.69) is 0 Å². The molecule has 1 unspecified atom stereocenters. The van der Waals surface area contributed by atoms with Gasteiger partial charge in [0.05, 0.1) is 6.10 Å². The van der Waals surface area contributed by atoms with Crippen LogP contribution in [0.2, 0.25) is 5.02 Å². The Morgan fingerprint density at radius 3 is 2.53 bits per heavy atom. The maximum atomic E-state index is 9.41. The number of hydrogen-bond donors (Lipinski definition) is 1. The van der Waals surface area contributed by atoms with Crippen LogP contribution < -0.4 is 9.47 Å². The summed E-state index contributed by atoms with van der Waals surface area (Å²) in [6, 6.07) is 3.68. The minimum atomic E-state index is -0.422. The Balaban J connectivity index is 1.90. The predicted molar refractivity (Wildman–Crippen MR) is 64.7 cm³/mol. The van der Waals surface area contributed by atoms with Gasteiger partial charge in [0, 0.05) is 23.9 Å². The Labute approximate surface area is 105 Å². The molecule has 1 N–H and O–H groups in total. The number of ether oxygens (including phenoxy) is 2. The third-order valence-electron chi connectivity index (χ3n) is 3.34. The van der Waals surface area contributed by atoms with Gasteiger partial charge in [-0.15, -0.1) is 0 Å². The minimum absolute atomic E-state index is 0.412. The molecule has 1 aliphatic heterocycles. The molecule has 0 aromatic heterocycles. The molecule has 1 spiro atoms. The van der Waals surface area contributed by atoms with Gasteiger partial charge in [-0.25, -0.2) is 0 Å². The topological polar surface area (TPSA) is 38.7 Å². The molecule has 1 aromatic rings. The number of fused-ring (bicyclic) bond motifs is 1. The van der Waals surface area contributed by atoms with Gasteiger partial charge in [0.15, 0.2) is 11.5 Å². The summed E-state index contributed by atoms with van der Waals surface area (Å²) in [7, 11) is 0. The number of aliphatic hydroxyl groups is 1. The van der Waals surface area contributed by atoms with Crippen LogP contribution in [0.3, 0.4) is 0 Å². The van der Waals surface area contributed by atoms with Crippen LogP contribution in [0, 0.1) is 0 Å². The summed E-state index contributed by atoms with van der Waals surface area (Å²) in [6.45, 7) is 1.74. The fourth-order valence-electron chi connectivity index (χ4n) is 2.30. The molecule has 0 saturated heterocycles. The minimum Gasteiger partial charge on any atom is -0.448 e. The number of rotatable bonds is 2. The Kier molecular flexibility index (Phi) is 2.49. The Morgan fingerprint density at radius 1 is 1.35 bits per heavy atom. The van der Waals surface area contributed by atoms with E-state index in [0.717, 1.165) is 36.3 Å². The number of aliphatic hydroxyl groups excluding tert-OH is 1. The van der Waals surface area contributed by atoms with Crippen molar-refractivity contribution < 1.29 is 14.6 Å². The van der Waals surface area contributed by atoms with Gasteiger partial charge in [-0.05, 0) is 31.4 Å². The van der Waals surface area contributed by atoms with Gasteiger partial charge in [0.2, 0.25) is 0 Å². The van der Waals surface area contributed by atoms with Crippen LogP contribution in [0.1, 0.15) is 31.7 Å². The molecule has 3 nitrogen and oxygen atoms in total. The third kappa shape index (κ3) is 1.87. The fourth-order valence-corrected chi connectivity index (χ4v) is 2.53. The zero-order valence-corrected chi connectivity index (χ0v) is 10.5. The molecule has 1 aromatic carbocycles. The predicted octanol–water partition coefficient (Wildman–Crippen LogP) is 2.91. The SMILES string of the molecule is CC(O)Cc1cc2c(cc1Cl)OC1(CCC1)O2. The van der Waals surface area contributed by atoms with Crippen molar-refractivity contribution in [2.75, 3.05) is 0 Å². The monoisotopic (exact) mass is 254 g/mol. The van der Waals surface area contributed by atoms with Crippen molar-refractivity contribution in [1.29, 1.82) is 0 Å². The Bertz CT molecular complexity index is 452. The van der Waals surface area contributed by atoms with Gasteiger partial charge in [-0.1, -0.05) is 11.6 Å². The van der Waals surface area contributed by atoms with Gasteiger partial charge < -0.3 is 14.6 Å². The van der Waals surface area contributed by atoms with E-state index in [0.29, 0.717) is 11.4 Å². The van der Waals surface area contributed by atoms with Crippen LogP contribution in [-0.2, 0) is 6.42 Å². The second-order valence-corrected chi connectivity index (χ2v) is 5.32. The molecule has 1 fully saturated rings. The molecular formula is C13H15ClO3. The van der Waals surface area contributed by atoms with Crippen molar-refractivity contribution in [3.63, 3.8) is 0 Å². The lowest BCUT2D eigenvalue weighted by Crippen LogP contribution is -2.45. The van der Waals surface area contributed by atoms with E-state index in [1.54, 1.807) is 13.0 Å². The zero-order chi connectivity index (χ0) is 12.0. The van der Waals surface area contributed by atoms with Crippen LogP contribution >= 0.6 is 11.6 Å². The van der Waals surface area contributed by atoms with Crippen LogP contribution in [0.15, 0.2) is 12.1 Å². The van der Waals surface area contributed by atoms with E-state index < -0.39 is 11.9 Å². The summed E-state index contributed by atoms with van der Waals surface area (Å²) in [5.74, 6) is 1.06. The highest BCUT2D eigenvalue weighted by Gasteiger charge is 2.47. The first-order chi connectivity index (χ1) is 8.08. The van der Waals surface area contributed by atoms with Crippen molar-refractivity contribution >= 4 is 11.6 Å². The molecule has 2 aliphatic rings. The fraction of sp³-hybridized carbons (Fsp3) is 0.538. The summed E-state index contributed by atoms with van der Waals surface area (Å²) in [5, 5.41) is 10.0. The molecule has 0 amide bonds. The number of halogens is 1. The largest absolute Gasteiger partial charge is 0.448 e.